The van der Waals surface area contributed by atoms with E-state index in [0.717, 1.165) is 53.6 Å². The highest BCUT2D eigenvalue weighted by Crippen LogP contribution is 2.32. The van der Waals surface area contributed by atoms with Crippen LogP contribution in [0.2, 0.25) is 0 Å². The first-order valence-electron chi connectivity index (χ1n) is 15.0. The van der Waals surface area contributed by atoms with E-state index in [2.05, 4.69) is 16.9 Å². The highest BCUT2D eigenvalue weighted by molar-refractivity contribution is 5.87. The number of alkyl halides is 3. The van der Waals surface area contributed by atoms with E-state index in [9.17, 15) is 13.2 Å². The van der Waals surface area contributed by atoms with Crippen LogP contribution in [-0.2, 0) is 4.74 Å². The van der Waals surface area contributed by atoms with Gasteiger partial charge in [-0.05, 0) is 86.7 Å². The first kappa shape index (κ1) is 32.7. The average molecular weight is 604 g/mol. The molecule has 232 valence electrons. The topological polar surface area (TPSA) is 64.3 Å². The van der Waals surface area contributed by atoms with Gasteiger partial charge < -0.3 is 14.6 Å². The van der Waals surface area contributed by atoms with Gasteiger partial charge in [-0.25, -0.2) is 9.37 Å². The molecule has 1 N–H and O–H groups in total. The van der Waals surface area contributed by atoms with Crippen molar-refractivity contribution >= 4 is 28.1 Å². The minimum atomic E-state index is -3.55. The number of benzene rings is 2. The van der Waals surface area contributed by atoms with E-state index in [1.165, 1.54) is 19.1 Å². The number of hydrogen-bond acceptors (Lipinski definition) is 5. The van der Waals surface area contributed by atoms with Gasteiger partial charge in [0.2, 0.25) is 0 Å². The summed E-state index contributed by atoms with van der Waals surface area (Å²) in [6.45, 7) is 7.42. The van der Waals surface area contributed by atoms with Crippen molar-refractivity contribution in [3.63, 3.8) is 0 Å². The first-order valence-corrected chi connectivity index (χ1v) is 15.0. The Morgan fingerprint density at radius 2 is 1.86 bits per heavy atom. The third-order valence-corrected chi connectivity index (χ3v) is 7.65. The smallest absolute Gasteiger partial charge is 0.297 e. The summed E-state index contributed by atoms with van der Waals surface area (Å²) in [5.41, 5.74) is 4.62. The lowest BCUT2D eigenvalue weighted by atomic mass is 9.93. The first-order chi connectivity index (χ1) is 21.3. The summed E-state index contributed by atoms with van der Waals surface area (Å²) in [6, 6.07) is 15.4. The molecular formula is C35H40F3N5O. The van der Waals surface area contributed by atoms with Crippen LogP contribution in [0.3, 0.4) is 0 Å². The Labute approximate surface area is 257 Å². The van der Waals surface area contributed by atoms with Gasteiger partial charge in [-0.15, -0.1) is 0 Å². The molecule has 0 radical (unpaired) electrons. The molecular weight excluding hydrogens is 563 g/mol. The molecule has 2 aromatic rings. The van der Waals surface area contributed by atoms with Crippen LogP contribution in [-0.4, -0.2) is 46.4 Å². The monoisotopic (exact) mass is 603 g/mol. The maximum atomic E-state index is 14.0. The standard InChI is InChI=1S/C33H34F3N5O.C2H6/c1-4-25(14-11-22(2)33(35,36)21-34)41-31-10-6-5-9-27(31)40-30-18-28(39-24-8-7-17-37-20-24)29(19-32(30)41)38-23-12-15-26(42-3)16-13-23;1-2/h4-11,14,17-20,23,26,39H,1,12-13,15-16,21H2,2-3H3;1-2H3/b22-11+,25-14+,38-29?;. The van der Waals surface area contributed by atoms with Crippen molar-refractivity contribution in [2.75, 3.05) is 19.1 Å². The average Bonchev–Trinajstić information content (AvgIpc) is 3.06. The fourth-order valence-electron chi connectivity index (χ4n) is 5.20. The third-order valence-electron chi connectivity index (χ3n) is 7.65. The molecule has 1 aromatic heterocycles. The number of hydrogen-bond donors (Lipinski definition) is 1. The van der Waals surface area contributed by atoms with Crippen LogP contribution < -0.4 is 10.7 Å². The number of nitrogens with one attached hydrogen (secondary N) is 1. The molecule has 2 aliphatic carbocycles. The zero-order valence-electron chi connectivity index (χ0n) is 25.7. The van der Waals surface area contributed by atoms with Gasteiger partial charge >= 0.3 is 0 Å². The van der Waals surface area contributed by atoms with Crippen molar-refractivity contribution < 1.29 is 17.9 Å². The van der Waals surface area contributed by atoms with Crippen LogP contribution >= 0.6 is 0 Å². The van der Waals surface area contributed by atoms with E-state index < -0.39 is 12.6 Å². The van der Waals surface area contributed by atoms with Crippen molar-refractivity contribution in [3.8, 4) is 11.4 Å². The summed E-state index contributed by atoms with van der Waals surface area (Å²) in [7, 11) is 1.75. The summed E-state index contributed by atoms with van der Waals surface area (Å²) in [5, 5.41) is 4.20. The van der Waals surface area contributed by atoms with Gasteiger partial charge in [-0.3, -0.25) is 9.98 Å². The Morgan fingerprint density at radius 3 is 2.52 bits per heavy atom. The maximum Gasteiger partial charge on any atom is 0.297 e. The van der Waals surface area contributed by atoms with E-state index in [4.69, 9.17) is 14.7 Å². The van der Waals surface area contributed by atoms with Crippen LogP contribution in [0.15, 0.2) is 96.3 Å². The molecule has 3 aliphatic rings. The molecule has 9 heteroatoms. The van der Waals surface area contributed by atoms with E-state index in [1.54, 1.807) is 25.6 Å². The summed E-state index contributed by atoms with van der Waals surface area (Å²) >= 11 is 0. The number of aromatic nitrogens is 3. The number of halogens is 3. The van der Waals surface area contributed by atoms with Crippen molar-refractivity contribution in [2.24, 2.45) is 4.99 Å². The van der Waals surface area contributed by atoms with Crippen LogP contribution in [0.4, 0.5) is 24.5 Å². The van der Waals surface area contributed by atoms with Gasteiger partial charge in [0.25, 0.3) is 5.92 Å². The van der Waals surface area contributed by atoms with Crippen LogP contribution in [0.1, 0.15) is 46.5 Å². The highest BCUT2D eigenvalue weighted by Gasteiger charge is 2.30. The second kappa shape index (κ2) is 15.0. The number of anilines is 2. The molecule has 1 saturated carbocycles. The molecule has 0 spiro atoms. The minimum Gasteiger partial charge on any atom is -0.381 e. The van der Waals surface area contributed by atoms with Crippen molar-refractivity contribution in [2.45, 2.75) is 64.5 Å². The largest absolute Gasteiger partial charge is 0.381 e. The van der Waals surface area contributed by atoms with Gasteiger partial charge in [0.15, 0.2) is 6.67 Å². The van der Waals surface area contributed by atoms with Crippen LogP contribution in [0.5, 0.6) is 0 Å². The second-order valence-corrected chi connectivity index (χ2v) is 10.4. The minimum absolute atomic E-state index is 0.119. The SMILES string of the molecule is C=C/C(=C\C=C(/C)C(F)(F)CF)n1c2cc(=NC3CCC(OC)CC3)c(Nc3cccnc3)cc-2nc2ccccc21.CC. The molecule has 2 heterocycles. The number of para-hydroxylation sites is 2. The Bertz CT molecular complexity index is 1650. The number of ether oxygens (including phenoxy) is 1. The molecule has 0 unspecified atom stereocenters. The predicted octanol–water partition coefficient (Wildman–Crippen LogP) is 8.74. The van der Waals surface area contributed by atoms with E-state index in [-0.39, 0.29) is 17.7 Å². The van der Waals surface area contributed by atoms with Crippen molar-refractivity contribution in [1.82, 2.24) is 14.5 Å². The number of pyridine rings is 1. The van der Waals surface area contributed by atoms with Gasteiger partial charge in [0, 0.05) is 19.0 Å². The molecule has 6 nitrogen and oxygen atoms in total. The van der Waals surface area contributed by atoms with Gasteiger partial charge in [0.1, 0.15) is 0 Å². The van der Waals surface area contributed by atoms with Crippen molar-refractivity contribution in [1.29, 1.82) is 0 Å². The van der Waals surface area contributed by atoms with Crippen molar-refractivity contribution in [3.05, 3.63) is 96.7 Å². The van der Waals surface area contributed by atoms with E-state index in [1.807, 2.05) is 66.9 Å². The summed E-state index contributed by atoms with van der Waals surface area (Å²) in [5.74, 6) is -3.55. The molecule has 5 rings (SSSR count). The number of nitrogens with zero attached hydrogens (tertiary/aromatic N) is 4. The number of fused-ring (bicyclic) bond motifs is 2. The maximum absolute atomic E-state index is 14.0. The summed E-state index contributed by atoms with van der Waals surface area (Å²) < 4.78 is 48.5. The number of rotatable bonds is 9. The fourth-order valence-corrected chi connectivity index (χ4v) is 5.20. The Morgan fingerprint density at radius 1 is 1.11 bits per heavy atom. The number of allylic oxidation sites excluding steroid dienone is 5. The molecule has 0 bridgehead atoms. The zero-order chi connectivity index (χ0) is 31.7. The molecule has 44 heavy (non-hydrogen) atoms. The molecule has 0 amide bonds. The quantitative estimate of drug-likeness (QED) is 0.154. The third kappa shape index (κ3) is 7.45. The molecule has 1 aliphatic heterocycles. The Kier molecular flexibility index (Phi) is 11.1. The predicted molar refractivity (Wildman–Crippen MR) is 173 cm³/mol. The summed E-state index contributed by atoms with van der Waals surface area (Å²) in [6.07, 6.45) is 11.8. The normalized spacial score (nSPS) is 18.2. The van der Waals surface area contributed by atoms with Gasteiger partial charge in [-0.2, -0.15) is 8.78 Å². The lowest BCUT2D eigenvalue weighted by Gasteiger charge is -2.25. The second-order valence-electron chi connectivity index (χ2n) is 10.4. The molecule has 1 aromatic carbocycles. The molecule has 0 saturated heterocycles. The number of methoxy groups -OCH3 is 1. The van der Waals surface area contributed by atoms with Crippen LogP contribution in [0, 0.1) is 0 Å². The molecule has 0 atom stereocenters. The van der Waals surface area contributed by atoms with E-state index in [0.29, 0.717) is 16.9 Å². The Hall–Kier alpha value is -4.24. The van der Waals surface area contributed by atoms with Gasteiger partial charge in [0.05, 0.1) is 57.5 Å². The summed E-state index contributed by atoms with van der Waals surface area (Å²) in [4.78, 5) is 14.3. The highest BCUT2D eigenvalue weighted by atomic mass is 19.3. The zero-order valence-corrected chi connectivity index (χ0v) is 25.7. The lowest BCUT2D eigenvalue weighted by Crippen LogP contribution is -2.25. The Balaban J connectivity index is 0.00000216. The van der Waals surface area contributed by atoms with E-state index >= 15 is 0 Å². The van der Waals surface area contributed by atoms with Gasteiger partial charge in [-0.1, -0.05) is 38.6 Å². The molecule has 1 fully saturated rings. The fraction of sp³-hybridized carbons (Fsp3) is 0.343. The van der Waals surface area contributed by atoms with Crippen LogP contribution in [0.25, 0.3) is 28.1 Å². The lowest BCUT2D eigenvalue weighted by molar-refractivity contribution is 0.0154.